The van der Waals surface area contributed by atoms with Crippen LogP contribution in [0.1, 0.15) is 30.9 Å². The molecule has 0 unspecified atom stereocenters. The first-order valence-corrected chi connectivity index (χ1v) is 7.63. The van der Waals surface area contributed by atoms with Crippen molar-refractivity contribution in [2.24, 2.45) is 5.92 Å². The molecular weight excluding hydrogens is 282 g/mol. The summed E-state index contributed by atoms with van der Waals surface area (Å²) in [5.74, 6) is -0.284. The Hall–Kier alpha value is -0.710. The van der Waals surface area contributed by atoms with Gasteiger partial charge in [0.15, 0.2) is 0 Å². The Kier molecular flexibility index (Phi) is 4.24. The van der Waals surface area contributed by atoms with Gasteiger partial charge < -0.3 is 5.32 Å². The minimum Gasteiger partial charge on any atom is -0.314 e. The van der Waals surface area contributed by atoms with Crippen LogP contribution in [0.2, 0.25) is 5.02 Å². The molecule has 1 aromatic rings. The molecule has 3 rings (SSSR count). The SMILES string of the molecule is Fc1ccc(F)c([C@H](CC2CC2)N2CCNCC2)c1Cl. The molecule has 1 aliphatic carbocycles. The summed E-state index contributed by atoms with van der Waals surface area (Å²) in [7, 11) is 0. The Bertz CT molecular complexity index is 485. The van der Waals surface area contributed by atoms with E-state index >= 15 is 0 Å². The summed E-state index contributed by atoms with van der Waals surface area (Å²) in [4.78, 5) is 2.23. The van der Waals surface area contributed by atoms with Gasteiger partial charge in [-0.05, 0) is 24.5 Å². The maximum atomic E-state index is 14.2. The molecule has 2 nitrogen and oxygen atoms in total. The van der Waals surface area contributed by atoms with Crippen molar-refractivity contribution < 1.29 is 8.78 Å². The van der Waals surface area contributed by atoms with Crippen LogP contribution >= 0.6 is 11.6 Å². The third-order valence-electron chi connectivity index (χ3n) is 4.26. The maximum absolute atomic E-state index is 14.2. The summed E-state index contributed by atoms with van der Waals surface area (Å²) in [5, 5.41) is 3.24. The summed E-state index contributed by atoms with van der Waals surface area (Å²) in [6, 6.07) is 2.19. The number of nitrogens with zero attached hydrogens (tertiary/aromatic N) is 1. The molecule has 1 aromatic carbocycles. The number of rotatable bonds is 4. The third kappa shape index (κ3) is 2.97. The van der Waals surface area contributed by atoms with Gasteiger partial charge in [0.1, 0.15) is 11.6 Å². The highest BCUT2D eigenvalue weighted by molar-refractivity contribution is 6.31. The van der Waals surface area contributed by atoms with E-state index in [2.05, 4.69) is 10.2 Å². The molecular formula is C15H19ClF2N2. The van der Waals surface area contributed by atoms with Crippen LogP contribution in [0.25, 0.3) is 0 Å². The molecule has 5 heteroatoms. The zero-order valence-electron chi connectivity index (χ0n) is 11.3. The highest BCUT2D eigenvalue weighted by atomic mass is 35.5. The Morgan fingerprint density at radius 3 is 2.50 bits per heavy atom. The van der Waals surface area contributed by atoms with Crippen LogP contribution in [0, 0.1) is 17.6 Å². The van der Waals surface area contributed by atoms with Gasteiger partial charge in [-0.1, -0.05) is 24.4 Å². The lowest BCUT2D eigenvalue weighted by molar-refractivity contribution is 0.157. The second-order valence-electron chi connectivity index (χ2n) is 5.74. The average molecular weight is 301 g/mol. The maximum Gasteiger partial charge on any atom is 0.142 e. The molecule has 1 atom stereocenters. The van der Waals surface area contributed by atoms with E-state index in [1.54, 1.807) is 0 Å². The zero-order chi connectivity index (χ0) is 14.1. The summed E-state index contributed by atoms with van der Waals surface area (Å²) >= 11 is 6.06. The molecule has 0 bridgehead atoms. The fourth-order valence-electron chi connectivity index (χ4n) is 2.96. The molecule has 20 heavy (non-hydrogen) atoms. The van der Waals surface area contributed by atoms with E-state index in [-0.39, 0.29) is 16.9 Å². The Morgan fingerprint density at radius 1 is 1.20 bits per heavy atom. The third-order valence-corrected chi connectivity index (χ3v) is 4.64. The lowest BCUT2D eigenvalue weighted by Gasteiger charge is -2.36. The van der Waals surface area contributed by atoms with Crippen molar-refractivity contribution in [1.82, 2.24) is 10.2 Å². The van der Waals surface area contributed by atoms with Crippen LogP contribution in [-0.2, 0) is 0 Å². The predicted octanol–water partition coefficient (Wildman–Crippen LogP) is 3.36. The summed E-state index contributed by atoms with van der Waals surface area (Å²) in [6.45, 7) is 3.47. The van der Waals surface area contributed by atoms with E-state index in [0.717, 1.165) is 38.7 Å². The highest BCUT2D eigenvalue weighted by Crippen LogP contribution is 2.43. The van der Waals surface area contributed by atoms with Crippen molar-refractivity contribution in [2.45, 2.75) is 25.3 Å². The number of halogens is 3. The van der Waals surface area contributed by atoms with Gasteiger partial charge in [0, 0.05) is 37.8 Å². The number of hydrogen-bond acceptors (Lipinski definition) is 2. The number of hydrogen-bond donors (Lipinski definition) is 1. The number of nitrogens with one attached hydrogen (secondary N) is 1. The summed E-state index contributed by atoms with van der Waals surface area (Å²) in [5.41, 5.74) is 0.348. The first-order valence-electron chi connectivity index (χ1n) is 7.25. The van der Waals surface area contributed by atoms with Crippen molar-refractivity contribution in [3.8, 4) is 0 Å². The van der Waals surface area contributed by atoms with Crippen LogP contribution in [0.15, 0.2) is 12.1 Å². The quantitative estimate of drug-likeness (QED) is 0.858. The summed E-state index contributed by atoms with van der Waals surface area (Å²) in [6.07, 6.45) is 3.26. The Morgan fingerprint density at radius 2 is 1.85 bits per heavy atom. The normalized spacial score (nSPS) is 21.9. The molecule has 1 N–H and O–H groups in total. The molecule has 0 radical (unpaired) electrons. The van der Waals surface area contributed by atoms with Gasteiger partial charge in [0.25, 0.3) is 0 Å². The van der Waals surface area contributed by atoms with E-state index in [0.29, 0.717) is 11.5 Å². The lowest BCUT2D eigenvalue weighted by Crippen LogP contribution is -2.45. The standard InChI is InChI=1S/C15H19ClF2N2/c16-15-12(18)4-3-11(17)14(15)13(9-10-1-2-10)20-7-5-19-6-8-20/h3-4,10,13,19H,1-2,5-9H2/t13-/m0/s1. The van der Waals surface area contributed by atoms with E-state index in [1.165, 1.54) is 18.9 Å². The number of piperazine rings is 1. The van der Waals surface area contributed by atoms with Gasteiger partial charge in [0.05, 0.1) is 5.02 Å². The van der Waals surface area contributed by atoms with E-state index in [9.17, 15) is 8.78 Å². The monoisotopic (exact) mass is 300 g/mol. The van der Waals surface area contributed by atoms with Crippen LogP contribution in [-0.4, -0.2) is 31.1 Å². The molecule has 1 heterocycles. The molecule has 2 fully saturated rings. The van der Waals surface area contributed by atoms with Gasteiger partial charge in [-0.15, -0.1) is 0 Å². The molecule has 110 valence electrons. The smallest absolute Gasteiger partial charge is 0.142 e. The molecule has 2 aliphatic rings. The number of benzene rings is 1. The van der Waals surface area contributed by atoms with E-state index in [1.807, 2.05) is 0 Å². The van der Waals surface area contributed by atoms with Crippen LogP contribution < -0.4 is 5.32 Å². The van der Waals surface area contributed by atoms with Crippen molar-refractivity contribution in [3.63, 3.8) is 0 Å². The molecule has 0 amide bonds. The second kappa shape index (κ2) is 5.96. The second-order valence-corrected chi connectivity index (χ2v) is 6.12. The van der Waals surface area contributed by atoms with Gasteiger partial charge in [-0.25, -0.2) is 8.78 Å². The van der Waals surface area contributed by atoms with Crippen molar-refractivity contribution >= 4 is 11.6 Å². The first-order chi connectivity index (χ1) is 9.66. The molecule has 1 saturated heterocycles. The minimum absolute atomic E-state index is 0.0471. The molecule has 1 saturated carbocycles. The zero-order valence-corrected chi connectivity index (χ0v) is 12.1. The van der Waals surface area contributed by atoms with Crippen molar-refractivity contribution in [1.29, 1.82) is 0 Å². The molecule has 0 aromatic heterocycles. The fraction of sp³-hybridized carbons (Fsp3) is 0.600. The van der Waals surface area contributed by atoms with E-state index in [4.69, 9.17) is 11.6 Å². The van der Waals surface area contributed by atoms with Crippen molar-refractivity contribution in [2.75, 3.05) is 26.2 Å². The molecule has 1 aliphatic heterocycles. The van der Waals surface area contributed by atoms with Crippen LogP contribution in [0.5, 0.6) is 0 Å². The molecule has 0 spiro atoms. The van der Waals surface area contributed by atoms with Gasteiger partial charge >= 0.3 is 0 Å². The first kappa shape index (κ1) is 14.2. The lowest BCUT2D eigenvalue weighted by atomic mass is 9.97. The topological polar surface area (TPSA) is 15.3 Å². The fourth-order valence-corrected chi connectivity index (χ4v) is 3.24. The highest BCUT2D eigenvalue weighted by Gasteiger charge is 2.33. The predicted molar refractivity (Wildman–Crippen MR) is 75.9 cm³/mol. The Labute approximate surface area is 123 Å². The Balaban J connectivity index is 1.93. The van der Waals surface area contributed by atoms with E-state index < -0.39 is 5.82 Å². The summed E-state index contributed by atoms with van der Waals surface area (Å²) < 4.78 is 27.9. The van der Waals surface area contributed by atoms with Gasteiger partial charge in [0.2, 0.25) is 0 Å². The average Bonchev–Trinajstić information content (AvgIpc) is 3.27. The van der Waals surface area contributed by atoms with Crippen LogP contribution in [0.3, 0.4) is 0 Å². The van der Waals surface area contributed by atoms with Gasteiger partial charge in [-0.2, -0.15) is 0 Å². The largest absolute Gasteiger partial charge is 0.314 e. The van der Waals surface area contributed by atoms with Crippen molar-refractivity contribution in [3.05, 3.63) is 34.4 Å². The minimum atomic E-state index is -0.529. The van der Waals surface area contributed by atoms with Crippen LogP contribution in [0.4, 0.5) is 8.78 Å². The van der Waals surface area contributed by atoms with Gasteiger partial charge in [-0.3, -0.25) is 4.90 Å².